The van der Waals surface area contributed by atoms with Gasteiger partial charge in [0.25, 0.3) is 0 Å². The molecule has 1 heterocycles. The molecule has 0 bridgehead atoms. The highest BCUT2D eigenvalue weighted by atomic mass is 32.1. The molecule has 0 amide bonds. The summed E-state index contributed by atoms with van der Waals surface area (Å²) in [6, 6.07) is 0.416. The normalized spacial score (nSPS) is 13.0. The molecule has 1 unspecified atom stereocenters. The number of nitrogens with one attached hydrogen (secondary N) is 1. The maximum atomic E-state index is 5.00. The summed E-state index contributed by atoms with van der Waals surface area (Å²) < 4.78 is 5.00. The van der Waals surface area contributed by atoms with Gasteiger partial charge in [-0.25, -0.2) is 4.98 Å². The molecule has 0 spiro atoms. The summed E-state index contributed by atoms with van der Waals surface area (Å²) in [7, 11) is 1.75. The van der Waals surface area contributed by atoms with Crippen LogP contribution in [-0.4, -0.2) is 25.2 Å². The lowest BCUT2D eigenvalue weighted by Gasteiger charge is -2.10. The van der Waals surface area contributed by atoms with Gasteiger partial charge >= 0.3 is 0 Å². The predicted molar refractivity (Wildman–Crippen MR) is 64.4 cm³/mol. The lowest BCUT2D eigenvalue weighted by Crippen LogP contribution is -2.19. The molecule has 0 saturated carbocycles. The summed E-state index contributed by atoms with van der Waals surface area (Å²) in [4.78, 5) is 5.57. The largest absolute Gasteiger partial charge is 0.385 e. The van der Waals surface area contributed by atoms with E-state index in [1.807, 2.05) is 13.1 Å². The van der Waals surface area contributed by atoms with Crippen molar-refractivity contribution < 1.29 is 4.74 Å². The Balaban J connectivity index is 2.16. The van der Waals surface area contributed by atoms with Gasteiger partial charge in [-0.15, -0.1) is 11.3 Å². The van der Waals surface area contributed by atoms with Crippen molar-refractivity contribution in [3.8, 4) is 0 Å². The Hall–Kier alpha value is -0.450. The summed E-state index contributed by atoms with van der Waals surface area (Å²) in [5.74, 6) is 0. The number of aryl methyl sites for hydroxylation is 1. The van der Waals surface area contributed by atoms with Crippen LogP contribution in [0.5, 0.6) is 0 Å². The topological polar surface area (TPSA) is 34.1 Å². The molecular formula is C11H20N2OS. The van der Waals surface area contributed by atoms with Crippen LogP contribution in [0.4, 0.5) is 0 Å². The van der Waals surface area contributed by atoms with Crippen LogP contribution in [0.2, 0.25) is 0 Å². The molecule has 1 atom stereocenters. The van der Waals surface area contributed by atoms with Crippen LogP contribution in [0, 0.1) is 6.92 Å². The molecule has 1 aromatic heterocycles. The van der Waals surface area contributed by atoms with E-state index in [1.54, 1.807) is 18.4 Å². The molecule has 86 valence electrons. The van der Waals surface area contributed by atoms with E-state index in [4.69, 9.17) is 4.74 Å². The third-order valence-electron chi connectivity index (χ3n) is 2.29. The Kier molecular flexibility index (Phi) is 5.83. The van der Waals surface area contributed by atoms with Crippen LogP contribution >= 0.6 is 11.3 Å². The molecule has 0 radical (unpaired) electrons. The second kappa shape index (κ2) is 6.93. The quantitative estimate of drug-likeness (QED) is 0.728. The van der Waals surface area contributed by atoms with Gasteiger partial charge in [-0.3, -0.25) is 0 Å². The molecule has 0 aliphatic rings. The fourth-order valence-electron chi connectivity index (χ4n) is 1.37. The van der Waals surface area contributed by atoms with Crippen molar-refractivity contribution in [3.05, 3.63) is 16.1 Å². The highest BCUT2D eigenvalue weighted by molar-refractivity contribution is 7.11. The minimum Gasteiger partial charge on any atom is -0.385 e. The second-order valence-corrected chi connectivity index (χ2v) is 4.92. The lowest BCUT2D eigenvalue weighted by molar-refractivity contribution is 0.192. The zero-order valence-electron chi connectivity index (χ0n) is 9.75. The number of nitrogens with zero attached hydrogens (tertiary/aromatic N) is 1. The van der Waals surface area contributed by atoms with E-state index in [0.29, 0.717) is 6.04 Å². The molecule has 0 fully saturated rings. The Morgan fingerprint density at radius 2 is 2.33 bits per heavy atom. The van der Waals surface area contributed by atoms with Gasteiger partial charge in [0.2, 0.25) is 0 Å². The zero-order valence-corrected chi connectivity index (χ0v) is 10.6. The van der Waals surface area contributed by atoms with Gasteiger partial charge < -0.3 is 10.1 Å². The van der Waals surface area contributed by atoms with Crippen molar-refractivity contribution >= 4 is 11.3 Å². The van der Waals surface area contributed by atoms with Gasteiger partial charge in [0.1, 0.15) is 0 Å². The molecule has 15 heavy (non-hydrogen) atoms. The van der Waals surface area contributed by atoms with Gasteiger partial charge in [-0.2, -0.15) is 0 Å². The minimum atomic E-state index is 0.416. The molecule has 1 rings (SSSR count). The van der Waals surface area contributed by atoms with Crippen LogP contribution in [0.1, 0.15) is 35.7 Å². The van der Waals surface area contributed by atoms with Crippen LogP contribution < -0.4 is 5.32 Å². The number of rotatable bonds is 7. The average Bonchev–Trinajstić information content (AvgIpc) is 2.64. The van der Waals surface area contributed by atoms with E-state index in [9.17, 15) is 0 Å². The van der Waals surface area contributed by atoms with Gasteiger partial charge in [-0.05, 0) is 33.2 Å². The SMILES string of the molecule is COCCCCNC(C)c1cnc(C)s1. The molecule has 1 N–H and O–H groups in total. The first-order chi connectivity index (χ1) is 7.24. The molecule has 4 heteroatoms. The Morgan fingerprint density at radius 3 is 2.93 bits per heavy atom. The third-order valence-corrected chi connectivity index (χ3v) is 3.39. The number of hydrogen-bond donors (Lipinski definition) is 1. The van der Waals surface area contributed by atoms with Crippen molar-refractivity contribution in [1.82, 2.24) is 10.3 Å². The Bertz CT molecular complexity index is 275. The number of hydrogen-bond acceptors (Lipinski definition) is 4. The van der Waals surface area contributed by atoms with Crippen LogP contribution in [0.15, 0.2) is 6.20 Å². The van der Waals surface area contributed by atoms with Crippen molar-refractivity contribution in [1.29, 1.82) is 0 Å². The van der Waals surface area contributed by atoms with E-state index in [1.165, 1.54) is 4.88 Å². The predicted octanol–water partition coefficient (Wildman–Crippen LogP) is 2.53. The summed E-state index contributed by atoms with van der Waals surface area (Å²) in [5, 5.41) is 4.62. The molecule has 1 aromatic rings. The minimum absolute atomic E-state index is 0.416. The van der Waals surface area contributed by atoms with E-state index < -0.39 is 0 Å². The van der Waals surface area contributed by atoms with E-state index in [0.717, 1.165) is 31.0 Å². The summed E-state index contributed by atoms with van der Waals surface area (Å²) >= 11 is 1.77. The number of thiazole rings is 1. The first kappa shape index (κ1) is 12.6. The maximum absolute atomic E-state index is 5.00. The zero-order chi connectivity index (χ0) is 11.1. The van der Waals surface area contributed by atoms with Gasteiger partial charge in [0.05, 0.1) is 5.01 Å². The smallest absolute Gasteiger partial charge is 0.0897 e. The van der Waals surface area contributed by atoms with Crippen molar-refractivity contribution in [3.63, 3.8) is 0 Å². The summed E-state index contributed by atoms with van der Waals surface area (Å²) in [6.07, 6.45) is 4.25. The Labute approximate surface area is 95.9 Å². The molecule has 0 aliphatic heterocycles. The number of methoxy groups -OCH3 is 1. The summed E-state index contributed by atoms with van der Waals surface area (Å²) in [6.45, 7) is 6.12. The van der Waals surface area contributed by atoms with Gasteiger partial charge in [0, 0.05) is 30.8 Å². The standard InChI is InChI=1S/C11H20N2OS/c1-9(11-8-13-10(2)15-11)12-6-4-5-7-14-3/h8-9,12H,4-7H2,1-3H3. The number of ether oxygens (including phenoxy) is 1. The van der Waals surface area contributed by atoms with Crippen LogP contribution in [0.3, 0.4) is 0 Å². The number of aromatic nitrogens is 1. The fourth-order valence-corrected chi connectivity index (χ4v) is 2.18. The first-order valence-electron chi connectivity index (χ1n) is 5.38. The summed E-state index contributed by atoms with van der Waals surface area (Å²) in [5.41, 5.74) is 0. The average molecular weight is 228 g/mol. The maximum Gasteiger partial charge on any atom is 0.0897 e. The van der Waals surface area contributed by atoms with E-state index in [-0.39, 0.29) is 0 Å². The molecule has 0 saturated heterocycles. The van der Waals surface area contributed by atoms with Gasteiger partial charge in [0.15, 0.2) is 0 Å². The van der Waals surface area contributed by atoms with Crippen molar-refractivity contribution in [2.45, 2.75) is 32.7 Å². The highest BCUT2D eigenvalue weighted by Gasteiger charge is 2.06. The molecule has 0 aliphatic carbocycles. The van der Waals surface area contributed by atoms with Crippen LogP contribution in [-0.2, 0) is 4.74 Å². The molecule has 3 nitrogen and oxygen atoms in total. The van der Waals surface area contributed by atoms with Gasteiger partial charge in [-0.1, -0.05) is 0 Å². The Morgan fingerprint density at radius 1 is 1.53 bits per heavy atom. The van der Waals surface area contributed by atoms with E-state index >= 15 is 0 Å². The second-order valence-electron chi connectivity index (χ2n) is 3.66. The monoisotopic (exact) mass is 228 g/mol. The molecule has 0 aromatic carbocycles. The van der Waals surface area contributed by atoms with E-state index in [2.05, 4.69) is 17.2 Å². The van der Waals surface area contributed by atoms with Crippen molar-refractivity contribution in [2.24, 2.45) is 0 Å². The third kappa shape index (κ3) is 4.73. The highest BCUT2D eigenvalue weighted by Crippen LogP contribution is 2.19. The van der Waals surface area contributed by atoms with Crippen molar-refractivity contribution in [2.75, 3.05) is 20.3 Å². The first-order valence-corrected chi connectivity index (χ1v) is 6.20. The molecular weight excluding hydrogens is 208 g/mol. The lowest BCUT2D eigenvalue weighted by atomic mass is 10.2. The fraction of sp³-hybridized carbons (Fsp3) is 0.727. The number of unbranched alkanes of at least 4 members (excludes halogenated alkanes) is 1. The van der Waals surface area contributed by atoms with Crippen LogP contribution in [0.25, 0.3) is 0 Å².